The van der Waals surface area contributed by atoms with E-state index in [1.165, 1.54) is 12.1 Å². The summed E-state index contributed by atoms with van der Waals surface area (Å²) >= 11 is 0. The molecule has 2 heterocycles. The number of aromatic nitrogens is 2. The molecule has 1 unspecified atom stereocenters. The molecule has 138 valence electrons. The molecule has 1 aromatic heterocycles. The van der Waals surface area contributed by atoms with Gasteiger partial charge in [0.15, 0.2) is 5.82 Å². The number of ether oxygens (including phenoxy) is 1. The van der Waals surface area contributed by atoms with Crippen LogP contribution in [0.15, 0.2) is 28.8 Å². The second-order valence-electron chi connectivity index (χ2n) is 6.92. The van der Waals surface area contributed by atoms with Gasteiger partial charge in [0, 0.05) is 18.9 Å². The van der Waals surface area contributed by atoms with Crippen LogP contribution in [0.25, 0.3) is 0 Å². The summed E-state index contributed by atoms with van der Waals surface area (Å²) in [7, 11) is 0. The van der Waals surface area contributed by atoms with Crippen LogP contribution in [-0.2, 0) is 11.2 Å². The van der Waals surface area contributed by atoms with Crippen molar-refractivity contribution < 1.29 is 18.4 Å². The maximum atomic E-state index is 12.9. The number of rotatable bonds is 6. The zero-order valence-electron chi connectivity index (χ0n) is 14.6. The monoisotopic (exact) mass is 359 g/mol. The number of nitrogens with zero attached hydrogens (tertiary/aromatic N) is 3. The average molecular weight is 359 g/mol. The van der Waals surface area contributed by atoms with Gasteiger partial charge in [0.2, 0.25) is 11.8 Å². The molecule has 0 radical (unpaired) electrons. The van der Waals surface area contributed by atoms with Crippen LogP contribution in [0.2, 0.25) is 0 Å². The van der Waals surface area contributed by atoms with Gasteiger partial charge >= 0.3 is 0 Å². The van der Waals surface area contributed by atoms with Crippen molar-refractivity contribution in [2.45, 2.75) is 44.6 Å². The lowest BCUT2D eigenvalue weighted by molar-refractivity contribution is -0.137. The van der Waals surface area contributed by atoms with Crippen molar-refractivity contribution >= 4 is 5.91 Å². The molecule has 2 aliphatic rings. The van der Waals surface area contributed by atoms with Crippen molar-refractivity contribution in [1.82, 2.24) is 15.0 Å². The summed E-state index contributed by atoms with van der Waals surface area (Å²) in [4.78, 5) is 18.9. The fourth-order valence-corrected chi connectivity index (χ4v) is 3.31. The highest BCUT2D eigenvalue weighted by atomic mass is 19.1. The molecule has 2 fully saturated rings. The summed E-state index contributed by atoms with van der Waals surface area (Å²) in [6.07, 6.45) is 5.44. The smallest absolute Gasteiger partial charge is 0.249 e. The van der Waals surface area contributed by atoms with Crippen LogP contribution in [0.1, 0.15) is 49.9 Å². The molecule has 1 saturated carbocycles. The second kappa shape index (κ2) is 7.43. The molecule has 2 aromatic rings. The fourth-order valence-electron chi connectivity index (χ4n) is 3.31. The number of likely N-dealkylation sites (tertiary alicyclic amines) is 1. The molecule has 0 bridgehead atoms. The van der Waals surface area contributed by atoms with Gasteiger partial charge < -0.3 is 14.2 Å². The molecule has 1 aliphatic heterocycles. The van der Waals surface area contributed by atoms with Crippen molar-refractivity contribution in [3.05, 3.63) is 41.8 Å². The average Bonchev–Trinajstić information content (AvgIpc) is 3.41. The highest BCUT2D eigenvalue weighted by Gasteiger charge is 2.39. The highest BCUT2D eigenvalue weighted by molar-refractivity contribution is 5.81. The Balaban J connectivity index is 1.35. The minimum absolute atomic E-state index is 0.101. The lowest BCUT2D eigenvalue weighted by Gasteiger charge is -2.33. The Morgan fingerprint density at radius 2 is 2.04 bits per heavy atom. The summed E-state index contributed by atoms with van der Waals surface area (Å²) in [6, 6.07) is 5.78. The van der Waals surface area contributed by atoms with E-state index < -0.39 is 0 Å². The summed E-state index contributed by atoms with van der Waals surface area (Å²) < 4.78 is 23.9. The molecule has 1 atom stereocenters. The molecule has 7 heteroatoms. The third-order valence-electron chi connectivity index (χ3n) is 4.89. The quantitative estimate of drug-likeness (QED) is 0.792. The normalized spacial score (nSPS) is 20.2. The maximum absolute atomic E-state index is 12.9. The first kappa shape index (κ1) is 17.0. The third kappa shape index (κ3) is 3.86. The van der Waals surface area contributed by atoms with E-state index in [0.717, 1.165) is 38.6 Å². The molecular weight excluding hydrogens is 337 g/mol. The Morgan fingerprint density at radius 1 is 1.23 bits per heavy atom. The standard InChI is InChI=1S/C19H22FN3O3/c20-14-6-8-15(9-7-14)25-12-10-17-21-18(26-22-17)16-3-1-2-11-23(16)19(24)13-4-5-13/h6-9,13,16H,1-5,10-12H2. The van der Waals surface area contributed by atoms with Gasteiger partial charge in [-0.3, -0.25) is 4.79 Å². The van der Waals surface area contributed by atoms with Crippen LogP contribution in [0, 0.1) is 11.7 Å². The minimum Gasteiger partial charge on any atom is -0.493 e. The lowest BCUT2D eigenvalue weighted by Crippen LogP contribution is -2.39. The van der Waals surface area contributed by atoms with E-state index in [1.54, 1.807) is 12.1 Å². The zero-order valence-corrected chi connectivity index (χ0v) is 14.6. The van der Waals surface area contributed by atoms with Gasteiger partial charge in [-0.05, 0) is 56.4 Å². The van der Waals surface area contributed by atoms with Gasteiger partial charge in [0.1, 0.15) is 17.6 Å². The van der Waals surface area contributed by atoms with E-state index in [-0.39, 0.29) is 23.7 Å². The minimum atomic E-state index is -0.294. The Kier molecular flexibility index (Phi) is 4.86. The SMILES string of the molecule is O=C(C1CC1)N1CCCCC1c1nc(CCOc2ccc(F)cc2)no1. The number of amides is 1. The van der Waals surface area contributed by atoms with E-state index in [1.807, 2.05) is 4.90 Å². The first-order valence-electron chi connectivity index (χ1n) is 9.22. The van der Waals surface area contributed by atoms with Gasteiger partial charge in [0.05, 0.1) is 6.61 Å². The van der Waals surface area contributed by atoms with Crippen LogP contribution in [0.4, 0.5) is 4.39 Å². The predicted molar refractivity (Wildman–Crippen MR) is 90.9 cm³/mol. The number of halogens is 1. The summed E-state index contributed by atoms with van der Waals surface area (Å²) in [5.74, 6) is 1.82. The van der Waals surface area contributed by atoms with Gasteiger partial charge in [-0.1, -0.05) is 5.16 Å². The molecule has 1 aromatic carbocycles. The Bertz CT molecular complexity index is 758. The molecule has 1 saturated heterocycles. The van der Waals surface area contributed by atoms with E-state index in [9.17, 15) is 9.18 Å². The zero-order chi connectivity index (χ0) is 17.9. The topological polar surface area (TPSA) is 68.5 Å². The summed E-state index contributed by atoms with van der Waals surface area (Å²) in [6.45, 7) is 1.14. The molecular formula is C19H22FN3O3. The Hall–Kier alpha value is -2.44. The van der Waals surface area contributed by atoms with E-state index >= 15 is 0 Å². The number of carbonyl (C=O) groups is 1. The third-order valence-corrected chi connectivity index (χ3v) is 4.89. The second-order valence-corrected chi connectivity index (χ2v) is 6.92. The molecule has 4 rings (SSSR count). The summed E-state index contributed by atoms with van der Waals surface area (Å²) in [5.41, 5.74) is 0. The summed E-state index contributed by atoms with van der Waals surface area (Å²) in [5, 5.41) is 4.03. The molecule has 0 N–H and O–H groups in total. The number of carbonyl (C=O) groups excluding carboxylic acids is 1. The van der Waals surface area contributed by atoms with E-state index in [4.69, 9.17) is 9.26 Å². The highest BCUT2D eigenvalue weighted by Crippen LogP contribution is 2.37. The first-order chi connectivity index (χ1) is 12.7. The number of benzene rings is 1. The number of piperidine rings is 1. The van der Waals surface area contributed by atoms with Crippen molar-refractivity contribution in [2.24, 2.45) is 5.92 Å². The molecule has 26 heavy (non-hydrogen) atoms. The van der Waals surface area contributed by atoms with E-state index in [2.05, 4.69) is 10.1 Å². The molecule has 1 aliphatic carbocycles. The van der Waals surface area contributed by atoms with Crippen LogP contribution in [-0.4, -0.2) is 34.1 Å². The van der Waals surface area contributed by atoms with Crippen molar-refractivity contribution in [1.29, 1.82) is 0 Å². The molecule has 6 nitrogen and oxygen atoms in total. The van der Waals surface area contributed by atoms with E-state index in [0.29, 0.717) is 30.5 Å². The number of hydrogen-bond donors (Lipinski definition) is 0. The van der Waals surface area contributed by atoms with Crippen LogP contribution < -0.4 is 4.74 Å². The lowest BCUT2D eigenvalue weighted by atomic mass is 10.0. The molecule has 0 spiro atoms. The molecule has 1 amide bonds. The van der Waals surface area contributed by atoms with Crippen LogP contribution in [0.3, 0.4) is 0 Å². The van der Waals surface area contributed by atoms with Crippen molar-refractivity contribution in [2.75, 3.05) is 13.2 Å². The fraction of sp³-hybridized carbons (Fsp3) is 0.526. The van der Waals surface area contributed by atoms with Gasteiger partial charge in [-0.25, -0.2) is 4.39 Å². The predicted octanol–water partition coefficient (Wildman–Crippen LogP) is 3.29. The van der Waals surface area contributed by atoms with Crippen LogP contribution in [0.5, 0.6) is 5.75 Å². The van der Waals surface area contributed by atoms with Crippen molar-refractivity contribution in [3.63, 3.8) is 0 Å². The largest absolute Gasteiger partial charge is 0.493 e. The van der Waals surface area contributed by atoms with Gasteiger partial charge in [-0.2, -0.15) is 4.98 Å². The maximum Gasteiger partial charge on any atom is 0.249 e. The Labute approximate surface area is 151 Å². The van der Waals surface area contributed by atoms with Crippen molar-refractivity contribution in [3.8, 4) is 5.75 Å². The first-order valence-corrected chi connectivity index (χ1v) is 9.22. The van der Waals surface area contributed by atoms with Crippen LogP contribution >= 0.6 is 0 Å². The van der Waals surface area contributed by atoms with Gasteiger partial charge in [-0.15, -0.1) is 0 Å². The number of hydrogen-bond acceptors (Lipinski definition) is 5. The Morgan fingerprint density at radius 3 is 2.81 bits per heavy atom. The van der Waals surface area contributed by atoms with Gasteiger partial charge in [0.25, 0.3) is 0 Å².